The molecule has 1 aliphatic carbocycles. The van der Waals surface area contributed by atoms with Crippen LogP contribution in [0.25, 0.3) is 0 Å². The Bertz CT molecular complexity index is 234. The van der Waals surface area contributed by atoms with Crippen LogP contribution in [0.4, 0.5) is 0 Å². The fraction of sp³-hybridized carbons (Fsp3) is 0.778. The van der Waals surface area contributed by atoms with E-state index >= 15 is 0 Å². The molecule has 0 unspecified atom stereocenters. The quantitative estimate of drug-likeness (QED) is 0.637. The summed E-state index contributed by atoms with van der Waals surface area (Å²) in [5, 5.41) is 4.22. The molecule has 0 radical (unpaired) electrons. The lowest BCUT2D eigenvalue weighted by atomic mass is 9.83. The maximum Gasteiger partial charge on any atom is 0.137 e. The van der Waals surface area contributed by atoms with Gasteiger partial charge in [0, 0.05) is 0 Å². The van der Waals surface area contributed by atoms with Crippen molar-refractivity contribution < 1.29 is 0 Å². The van der Waals surface area contributed by atoms with Gasteiger partial charge in [0.25, 0.3) is 0 Å². The van der Waals surface area contributed by atoms with Crippen molar-refractivity contribution in [1.82, 2.24) is 14.8 Å². The third kappa shape index (κ3) is 1.24. The average Bonchev–Trinajstić information content (AvgIpc) is 2.58. The number of hydrogen-bond acceptors (Lipinski definition) is 2. The lowest BCUT2D eigenvalue weighted by Crippen LogP contribution is -2.32. The molecule has 0 amide bonds. The molecule has 66 valence electrons. The molecule has 1 aromatic heterocycles. The minimum atomic E-state index is 0.245. The molecule has 2 rings (SSSR count). The standard InChI is InChI=1S/C9H15N3/c1-9(5-3-2-4-6-9)12-8-10-7-11-12/h7-8H,2-6H2,1H3. The van der Waals surface area contributed by atoms with Crippen LogP contribution in [0.2, 0.25) is 0 Å². The highest BCUT2D eigenvalue weighted by Gasteiger charge is 2.28. The minimum Gasteiger partial charge on any atom is -0.247 e. The van der Waals surface area contributed by atoms with Gasteiger partial charge in [0.1, 0.15) is 12.7 Å². The van der Waals surface area contributed by atoms with Gasteiger partial charge in [-0.3, -0.25) is 0 Å². The van der Waals surface area contributed by atoms with Gasteiger partial charge >= 0.3 is 0 Å². The molecule has 0 saturated heterocycles. The minimum absolute atomic E-state index is 0.245. The van der Waals surface area contributed by atoms with Crippen LogP contribution in [0.15, 0.2) is 12.7 Å². The molecule has 3 nitrogen and oxygen atoms in total. The Morgan fingerprint density at radius 3 is 2.58 bits per heavy atom. The van der Waals surface area contributed by atoms with Crippen LogP contribution in [-0.2, 0) is 5.54 Å². The zero-order valence-electron chi connectivity index (χ0n) is 7.53. The predicted molar refractivity (Wildman–Crippen MR) is 46.8 cm³/mol. The molecule has 0 bridgehead atoms. The second kappa shape index (κ2) is 2.88. The van der Waals surface area contributed by atoms with Gasteiger partial charge in [0.15, 0.2) is 0 Å². The third-order valence-corrected chi connectivity index (χ3v) is 2.90. The van der Waals surface area contributed by atoms with Crippen molar-refractivity contribution in [3.8, 4) is 0 Å². The zero-order chi connectivity index (χ0) is 8.44. The van der Waals surface area contributed by atoms with Crippen LogP contribution in [0.1, 0.15) is 39.0 Å². The molecule has 1 fully saturated rings. The molecule has 1 aromatic rings. The second-order valence-corrected chi connectivity index (χ2v) is 3.90. The van der Waals surface area contributed by atoms with Gasteiger partial charge in [-0.15, -0.1) is 0 Å². The van der Waals surface area contributed by atoms with Crippen molar-refractivity contribution in [2.75, 3.05) is 0 Å². The van der Waals surface area contributed by atoms with Gasteiger partial charge < -0.3 is 0 Å². The summed E-state index contributed by atoms with van der Waals surface area (Å²) in [5.41, 5.74) is 0.245. The summed E-state index contributed by atoms with van der Waals surface area (Å²) in [5.74, 6) is 0. The van der Waals surface area contributed by atoms with E-state index in [1.807, 2.05) is 11.0 Å². The Labute approximate surface area is 72.8 Å². The first-order chi connectivity index (χ1) is 5.81. The van der Waals surface area contributed by atoms with Gasteiger partial charge in [-0.05, 0) is 19.8 Å². The molecule has 0 N–H and O–H groups in total. The van der Waals surface area contributed by atoms with E-state index in [1.54, 1.807) is 6.33 Å². The molecule has 0 atom stereocenters. The predicted octanol–water partition coefficient (Wildman–Crippen LogP) is 1.96. The lowest BCUT2D eigenvalue weighted by Gasteiger charge is -2.33. The summed E-state index contributed by atoms with van der Waals surface area (Å²) in [6.07, 6.45) is 9.99. The van der Waals surface area contributed by atoms with Crippen molar-refractivity contribution in [3.63, 3.8) is 0 Å². The zero-order valence-corrected chi connectivity index (χ0v) is 7.53. The summed E-state index contributed by atoms with van der Waals surface area (Å²) >= 11 is 0. The summed E-state index contributed by atoms with van der Waals surface area (Å²) in [6.45, 7) is 2.28. The Morgan fingerprint density at radius 1 is 1.25 bits per heavy atom. The molecule has 1 heterocycles. The number of rotatable bonds is 1. The summed E-state index contributed by atoms with van der Waals surface area (Å²) in [4.78, 5) is 3.99. The van der Waals surface area contributed by atoms with E-state index in [0.717, 1.165) is 0 Å². The Morgan fingerprint density at radius 2 is 2.00 bits per heavy atom. The highest BCUT2D eigenvalue weighted by Crippen LogP contribution is 2.33. The molecule has 3 heteroatoms. The van der Waals surface area contributed by atoms with Crippen LogP contribution in [0.5, 0.6) is 0 Å². The molecule has 1 aliphatic rings. The molecule has 0 spiro atoms. The van der Waals surface area contributed by atoms with E-state index in [9.17, 15) is 0 Å². The van der Waals surface area contributed by atoms with E-state index in [2.05, 4.69) is 17.0 Å². The first kappa shape index (κ1) is 7.77. The topological polar surface area (TPSA) is 30.7 Å². The Kier molecular flexibility index (Phi) is 1.87. The SMILES string of the molecule is CC1(n2cncn2)CCCCC1. The fourth-order valence-electron chi connectivity index (χ4n) is 2.03. The van der Waals surface area contributed by atoms with Crippen LogP contribution in [0.3, 0.4) is 0 Å². The first-order valence-corrected chi connectivity index (χ1v) is 4.66. The van der Waals surface area contributed by atoms with Crippen molar-refractivity contribution in [3.05, 3.63) is 12.7 Å². The highest BCUT2D eigenvalue weighted by atomic mass is 15.3. The largest absolute Gasteiger partial charge is 0.247 e. The molecule has 0 aromatic carbocycles. The number of hydrogen-bond donors (Lipinski definition) is 0. The van der Waals surface area contributed by atoms with Gasteiger partial charge in [-0.2, -0.15) is 5.10 Å². The van der Waals surface area contributed by atoms with Crippen molar-refractivity contribution in [2.45, 2.75) is 44.6 Å². The monoisotopic (exact) mass is 165 g/mol. The second-order valence-electron chi connectivity index (χ2n) is 3.90. The van der Waals surface area contributed by atoms with Gasteiger partial charge in [0.05, 0.1) is 5.54 Å². The van der Waals surface area contributed by atoms with Crippen molar-refractivity contribution in [2.24, 2.45) is 0 Å². The summed E-state index contributed by atoms with van der Waals surface area (Å²) in [6, 6.07) is 0. The van der Waals surface area contributed by atoms with E-state index < -0.39 is 0 Å². The number of nitrogens with zero attached hydrogens (tertiary/aromatic N) is 3. The Balaban J connectivity index is 2.19. The van der Waals surface area contributed by atoms with E-state index in [1.165, 1.54) is 32.1 Å². The summed E-state index contributed by atoms with van der Waals surface area (Å²) in [7, 11) is 0. The smallest absolute Gasteiger partial charge is 0.137 e. The maximum absolute atomic E-state index is 4.22. The van der Waals surface area contributed by atoms with Crippen LogP contribution >= 0.6 is 0 Å². The lowest BCUT2D eigenvalue weighted by molar-refractivity contribution is 0.197. The van der Waals surface area contributed by atoms with Crippen molar-refractivity contribution in [1.29, 1.82) is 0 Å². The molecule has 0 aliphatic heterocycles. The number of aromatic nitrogens is 3. The van der Waals surface area contributed by atoms with Gasteiger partial charge in [-0.25, -0.2) is 9.67 Å². The fourth-order valence-corrected chi connectivity index (χ4v) is 2.03. The third-order valence-electron chi connectivity index (χ3n) is 2.90. The van der Waals surface area contributed by atoms with E-state index in [-0.39, 0.29) is 5.54 Å². The molecule has 1 saturated carbocycles. The maximum atomic E-state index is 4.22. The average molecular weight is 165 g/mol. The van der Waals surface area contributed by atoms with Crippen molar-refractivity contribution >= 4 is 0 Å². The first-order valence-electron chi connectivity index (χ1n) is 4.66. The van der Waals surface area contributed by atoms with Crippen LogP contribution < -0.4 is 0 Å². The van der Waals surface area contributed by atoms with E-state index in [0.29, 0.717) is 0 Å². The molecular formula is C9H15N3. The van der Waals surface area contributed by atoms with Gasteiger partial charge in [-0.1, -0.05) is 19.3 Å². The molecule has 12 heavy (non-hydrogen) atoms. The highest BCUT2D eigenvalue weighted by molar-refractivity contribution is 4.84. The summed E-state index contributed by atoms with van der Waals surface area (Å²) < 4.78 is 2.02. The Hall–Kier alpha value is -0.860. The normalized spacial score (nSPS) is 22.4. The van der Waals surface area contributed by atoms with Gasteiger partial charge in [0.2, 0.25) is 0 Å². The van der Waals surface area contributed by atoms with Crippen LogP contribution in [0, 0.1) is 0 Å². The van der Waals surface area contributed by atoms with Crippen LogP contribution in [-0.4, -0.2) is 14.8 Å². The van der Waals surface area contributed by atoms with E-state index in [4.69, 9.17) is 0 Å². The molecular weight excluding hydrogens is 150 g/mol.